The number of likely N-dealkylation sites (tertiary alicyclic amines) is 1. The first-order valence-corrected chi connectivity index (χ1v) is 10.3. The average Bonchev–Trinajstić information content (AvgIpc) is 3.48. The van der Waals surface area contributed by atoms with Gasteiger partial charge in [-0.25, -0.2) is 4.98 Å². The van der Waals surface area contributed by atoms with Crippen LogP contribution in [-0.2, 0) is 0 Å². The summed E-state index contributed by atoms with van der Waals surface area (Å²) in [5, 5.41) is 4.35. The Labute approximate surface area is 169 Å². The van der Waals surface area contributed by atoms with Crippen LogP contribution in [0.25, 0.3) is 10.9 Å². The van der Waals surface area contributed by atoms with Crippen molar-refractivity contribution >= 4 is 22.5 Å². The Balaban J connectivity index is 1.33. The number of hydrogen-bond acceptors (Lipinski definition) is 5. The van der Waals surface area contributed by atoms with E-state index in [1.165, 1.54) is 12.8 Å². The number of nitrogens with one attached hydrogen (secondary N) is 1. The lowest BCUT2D eigenvalue weighted by Crippen LogP contribution is -2.32. The van der Waals surface area contributed by atoms with Gasteiger partial charge in [0.25, 0.3) is 5.91 Å². The van der Waals surface area contributed by atoms with Crippen LogP contribution in [0.3, 0.4) is 0 Å². The number of hydrogen-bond donors (Lipinski definition) is 1. The largest absolute Gasteiger partial charge is 0.477 e. The second-order valence-electron chi connectivity index (χ2n) is 7.87. The highest BCUT2D eigenvalue weighted by Crippen LogP contribution is 2.31. The molecule has 1 atom stereocenters. The van der Waals surface area contributed by atoms with Crippen molar-refractivity contribution in [2.75, 3.05) is 25.0 Å². The zero-order valence-corrected chi connectivity index (χ0v) is 16.3. The summed E-state index contributed by atoms with van der Waals surface area (Å²) in [6.07, 6.45) is 3.32. The first kappa shape index (κ1) is 17.9. The van der Waals surface area contributed by atoms with Crippen LogP contribution in [0, 0.1) is 5.92 Å². The molecule has 1 aliphatic heterocycles. The van der Waals surface area contributed by atoms with Gasteiger partial charge in [0.05, 0.1) is 17.5 Å². The molecule has 1 aromatic heterocycles. The van der Waals surface area contributed by atoms with Crippen molar-refractivity contribution in [3.05, 3.63) is 60.4 Å². The van der Waals surface area contributed by atoms with Crippen molar-refractivity contribution in [1.82, 2.24) is 14.9 Å². The second-order valence-corrected chi connectivity index (χ2v) is 7.87. The van der Waals surface area contributed by atoms with Crippen LogP contribution >= 0.6 is 0 Å². The fraction of sp³-hybridized carbons (Fsp3) is 0.348. The smallest absolute Gasteiger partial charge is 0.291 e. The molecule has 0 spiro atoms. The van der Waals surface area contributed by atoms with Crippen LogP contribution in [0.1, 0.15) is 29.9 Å². The summed E-state index contributed by atoms with van der Waals surface area (Å²) in [6.45, 7) is 1.99. The molecule has 6 heteroatoms. The molecule has 0 radical (unpaired) electrons. The Morgan fingerprint density at radius 3 is 2.66 bits per heavy atom. The van der Waals surface area contributed by atoms with Gasteiger partial charge in [-0.15, -0.1) is 0 Å². The third-order valence-corrected chi connectivity index (χ3v) is 5.53. The van der Waals surface area contributed by atoms with Gasteiger partial charge in [0.2, 0.25) is 11.7 Å². The maximum Gasteiger partial charge on any atom is 0.291 e. The lowest BCUT2D eigenvalue weighted by Gasteiger charge is -2.18. The van der Waals surface area contributed by atoms with Crippen molar-refractivity contribution < 1.29 is 9.53 Å². The fourth-order valence-corrected chi connectivity index (χ4v) is 3.71. The van der Waals surface area contributed by atoms with Crippen molar-refractivity contribution in [2.45, 2.75) is 25.3 Å². The summed E-state index contributed by atoms with van der Waals surface area (Å²) in [5.74, 6) is 1.22. The molecule has 1 amide bonds. The number of fused-ring (bicyclic) bond motifs is 1. The van der Waals surface area contributed by atoms with E-state index in [-0.39, 0.29) is 17.8 Å². The van der Waals surface area contributed by atoms with Gasteiger partial charge >= 0.3 is 0 Å². The minimum atomic E-state index is -0.135. The van der Waals surface area contributed by atoms with Gasteiger partial charge < -0.3 is 15.0 Å². The van der Waals surface area contributed by atoms with Crippen LogP contribution < -0.4 is 10.1 Å². The second kappa shape index (κ2) is 7.70. The molecule has 5 rings (SSSR count). The highest BCUT2D eigenvalue weighted by molar-refractivity contribution is 5.94. The molecule has 1 saturated carbocycles. The van der Waals surface area contributed by atoms with E-state index in [1.807, 2.05) is 59.5 Å². The standard InChI is InChI=1S/C23H24N4O2/c28-23(27-13-12-18(14-27)24-17-6-2-1-3-7-17)21-25-20-9-5-4-8-19(20)22(26-21)29-15-16-10-11-16/h1-9,16,18,24H,10-15H2/t18-/m0/s1. The summed E-state index contributed by atoms with van der Waals surface area (Å²) in [7, 11) is 0. The number of carbonyl (C=O) groups excluding carboxylic acids is 1. The van der Waals surface area contributed by atoms with E-state index >= 15 is 0 Å². The van der Waals surface area contributed by atoms with Crippen molar-refractivity contribution in [3.63, 3.8) is 0 Å². The lowest BCUT2D eigenvalue weighted by molar-refractivity contribution is 0.0778. The average molecular weight is 388 g/mol. The summed E-state index contributed by atoms with van der Waals surface area (Å²) >= 11 is 0. The van der Waals surface area contributed by atoms with Gasteiger partial charge in [0, 0.05) is 24.8 Å². The Bertz CT molecular complexity index is 1020. The normalized spacial score (nSPS) is 18.8. The van der Waals surface area contributed by atoms with Crippen molar-refractivity contribution in [2.24, 2.45) is 5.92 Å². The number of aromatic nitrogens is 2. The van der Waals surface area contributed by atoms with Crippen LogP contribution in [-0.4, -0.2) is 46.5 Å². The number of nitrogens with zero attached hydrogens (tertiary/aromatic N) is 3. The third kappa shape index (κ3) is 4.01. The Hall–Kier alpha value is -3.15. The molecule has 148 valence electrons. The zero-order valence-electron chi connectivity index (χ0n) is 16.3. The molecule has 1 N–H and O–H groups in total. The van der Waals surface area contributed by atoms with E-state index < -0.39 is 0 Å². The minimum absolute atomic E-state index is 0.135. The van der Waals surface area contributed by atoms with Gasteiger partial charge in [-0.3, -0.25) is 4.79 Å². The van der Waals surface area contributed by atoms with E-state index in [9.17, 15) is 4.79 Å². The lowest BCUT2D eigenvalue weighted by atomic mass is 10.2. The highest BCUT2D eigenvalue weighted by Gasteiger charge is 2.29. The Kier molecular flexibility index (Phi) is 4.76. The molecule has 3 aromatic rings. The number of ether oxygens (including phenoxy) is 1. The van der Waals surface area contributed by atoms with Gasteiger partial charge in [-0.05, 0) is 49.4 Å². The number of carbonyl (C=O) groups is 1. The zero-order chi connectivity index (χ0) is 19.6. The summed E-state index contributed by atoms with van der Waals surface area (Å²) < 4.78 is 5.96. The first-order valence-electron chi connectivity index (χ1n) is 10.3. The van der Waals surface area contributed by atoms with Crippen molar-refractivity contribution in [3.8, 4) is 5.88 Å². The summed E-state index contributed by atoms with van der Waals surface area (Å²) in [4.78, 5) is 24.0. The molecular formula is C23H24N4O2. The Morgan fingerprint density at radius 2 is 1.83 bits per heavy atom. The fourth-order valence-electron chi connectivity index (χ4n) is 3.71. The molecule has 2 heterocycles. The van der Waals surface area contributed by atoms with Crippen LogP contribution in [0.4, 0.5) is 5.69 Å². The quantitative estimate of drug-likeness (QED) is 0.697. The van der Waals surface area contributed by atoms with Gasteiger partial charge in [-0.2, -0.15) is 4.98 Å². The van der Waals surface area contributed by atoms with Crippen LogP contribution in [0.5, 0.6) is 5.88 Å². The predicted octanol–water partition coefficient (Wildman–Crippen LogP) is 3.75. The predicted molar refractivity (Wildman–Crippen MR) is 112 cm³/mol. The Morgan fingerprint density at radius 1 is 1.03 bits per heavy atom. The summed E-state index contributed by atoms with van der Waals surface area (Å²) in [6, 6.07) is 18.0. The van der Waals surface area contributed by atoms with Gasteiger partial charge in [0.1, 0.15) is 0 Å². The van der Waals surface area contributed by atoms with Gasteiger partial charge in [-0.1, -0.05) is 30.3 Å². The van der Waals surface area contributed by atoms with E-state index in [1.54, 1.807) is 0 Å². The first-order chi connectivity index (χ1) is 14.3. The van der Waals surface area contributed by atoms with E-state index in [4.69, 9.17) is 4.74 Å². The van der Waals surface area contributed by atoms with Crippen molar-refractivity contribution in [1.29, 1.82) is 0 Å². The number of anilines is 1. The number of amides is 1. The maximum atomic E-state index is 13.1. The molecule has 29 heavy (non-hydrogen) atoms. The minimum Gasteiger partial charge on any atom is -0.477 e. The molecule has 2 aromatic carbocycles. The SMILES string of the molecule is O=C(c1nc(OCC2CC2)c2ccccc2n1)N1CC[C@H](Nc2ccccc2)C1. The monoisotopic (exact) mass is 388 g/mol. The number of rotatable bonds is 6. The molecule has 0 unspecified atom stereocenters. The molecule has 6 nitrogen and oxygen atoms in total. The molecule has 0 bridgehead atoms. The number of benzene rings is 2. The number of para-hydroxylation sites is 2. The summed E-state index contributed by atoms with van der Waals surface area (Å²) in [5.41, 5.74) is 1.82. The molecule has 2 fully saturated rings. The molecule has 1 saturated heterocycles. The van der Waals surface area contributed by atoms with E-state index in [2.05, 4.69) is 15.3 Å². The van der Waals surface area contributed by atoms with E-state index in [0.29, 0.717) is 31.5 Å². The third-order valence-electron chi connectivity index (χ3n) is 5.53. The van der Waals surface area contributed by atoms with Crippen LogP contribution in [0.2, 0.25) is 0 Å². The van der Waals surface area contributed by atoms with Gasteiger partial charge in [0.15, 0.2) is 0 Å². The molecule has 1 aliphatic carbocycles. The maximum absolute atomic E-state index is 13.1. The van der Waals surface area contributed by atoms with Crippen LogP contribution in [0.15, 0.2) is 54.6 Å². The molecular weight excluding hydrogens is 364 g/mol. The topological polar surface area (TPSA) is 67.3 Å². The van der Waals surface area contributed by atoms with E-state index in [0.717, 1.165) is 23.0 Å². The molecule has 2 aliphatic rings. The highest BCUT2D eigenvalue weighted by atomic mass is 16.5.